The van der Waals surface area contributed by atoms with E-state index in [0.717, 1.165) is 51.8 Å². The second-order valence-corrected chi connectivity index (χ2v) is 9.84. The van der Waals surface area contributed by atoms with Gasteiger partial charge >= 0.3 is 7.75 Å². The highest BCUT2D eigenvalue weighted by atomic mass is 31.2. The van der Waals surface area contributed by atoms with Gasteiger partial charge in [-0.2, -0.15) is 9.55 Å². The van der Waals surface area contributed by atoms with Crippen LogP contribution >= 0.6 is 7.75 Å². The monoisotopic (exact) mass is 454 g/mol. The normalized spacial score (nSPS) is 17.1. The third kappa shape index (κ3) is 4.07. The molecule has 8 nitrogen and oxygen atoms in total. The van der Waals surface area contributed by atoms with Gasteiger partial charge in [-0.1, -0.05) is 24.6 Å². The third-order valence-electron chi connectivity index (χ3n) is 6.02. The Balaban J connectivity index is 1.42. The highest BCUT2D eigenvalue weighted by Gasteiger charge is 2.27. The second kappa shape index (κ2) is 8.71. The molecule has 1 fully saturated rings. The quantitative estimate of drug-likeness (QED) is 0.395. The summed E-state index contributed by atoms with van der Waals surface area (Å²) in [6.07, 6.45) is 3.88. The number of aromatic nitrogens is 3. The smallest absolute Gasteiger partial charge is 0.452 e. The fraction of sp³-hybridized carbons (Fsp3) is 0.348. The minimum absolute atomic E-state index is 0.538. The number of hydrogen-bond acceptors (Lipinski definition) is 5. The van der Waals surface area contributed by atoms with E-state index < -0.39 is 7.75 Å². The lowest BCUT2D eigenvalue weighted by atomic mass is 10.1. The van der Waals surface area contributed by atoms with Gasteiger partial charge in [-0.15, -0.1) is 0 Å². The minimum Gasteiger partial charge on any atom is -0.492 e. The van der Waals surface area contributed by atoms with Crippen LogP contribution in [0.1, 0.15) is 19.3 Å². The molecule has 2 aromatic carbocycles. The molecule has 0 saturated carbocycles. The number of ether oxygens (including phenoxy) is 1. The van der Waals surface area contributed by atoms with Crippen molar-refractivity contribution in [2.45, 2.75) is 19.3 Å². The topological polar surface area (TPSA) is 92.6 Å². The number of rotatable bonds is 7. The van der Waals surface area contributed by atoms with E-state index in [4.69, 9.17) is 9.26 Å². The molecule has 0 amide bonds. The van der Waals surface area contributed by atoms with Gasteiger partial charge in [0.2, 0.25) is 0 Å². The van der Waals surface area contributed by atoms with E-state index in [1.54, 1.807) is 12.1 Å². The zero-order chi connectivity index (χ0) is 22.1. The molecule has 5 rings (SSSR count). The molecule has 1 saturated heterocycles. The zero-order valence-corrected chi connectivity index (χ0v) is 18.9. The zero-order valence-electron chi connectivity index (χ0n) is 18.0. The van der Waals surface area contributed by atoms with Crippen molar-refractivity contribution in [1.29, 1.82) is 0 Å². The van der Waals surface area contributed by atoms with Gasteiger partial charge in [0, 0.05) is 29.9 Å². The lowest BCUT2D eigenvalue weighted by Crippen LogP contribution is -2.33. The van der Waals surface area contributed by atoms with Crippen molar-refractivity contribution in [2.75, 3.05) is 33.4 Å². The summed E-state index contributed by atoms with van der Waals surface area (Å²) in [6, 6.07) is 15.3. The van der Waals surface area contributed by atoms with Crippen molar-refractivity contribution in [3.63, 3.8) is 0 Å². The van der Waals surface area contributed by atoms with Gasteiger partial charge in [-0.25, -0.2) is 4.57 Å². The molecule has 1 aliphatic rings. The number of piperidine rings is 1. The number of benzene rings is 2. The van der Waals surface area contributed by atoms with E-state index in [9.17, 15) is 9.46 Å². The van der Waals surface area contributed by atoms with Gasteiger partial charge in [-0.05, 0) is 56.3 Å². The predicted molar refractivity (Wildman–Crippen MR) is 125 cm³/mol. The van der Waals surface area contributed by atoms with Crippen molar-refractivity contribution in [1.82, 2.24) is 19.4 Å². The third-order valence-corrected chi connectivity index (χ3v) is 7.28. The Morgan fingerprint density at radius 2 is 1.94 bits per heavy atom. The van der Waals surface area contributed by atoms with Gasteiger partial charge in [0.05, 0.1) is 11.2 Å². The minimum atomic E-state index is -4.07. The van der Waals surface area contributed by atoms with Crippen LogP contribution in [0.15, 0.2) is 48.5 Å². The molecule has 2 aromatic heterocycles. The van der Waals surface area contributed by atoms with Crippen LogP contribution in [0, 0.1) is 0 Å². The average Bonchev–Trinajstić information content (AvgIpc) is 3.41. The molecule has 0 radical (unpaired) electrons. The first kappa shape index (κ1) is 21.2. The molecule has 0 aliphatic carbocycles. The van der Waals surface area contributed by atoms with E-state index in [-0.39, 0.29) is 0 Å². The maximum Gasteiger partial charge on any atom is 0.452 e. The summed E-state index contributed by atoms with van der Waals surface area (Å²) in [4.78, 5) is 16.0. The van der Waals surface area contributed by atoms with Gasteiger partial charge in [-0.3, -0.25) is 9.42 Å². The van der Waals surface area contributed by atoms with Crippen molar-refractivity contribution in [3.05, 3.63) is 48.5 Å². The molecule has 0 bridgehead atoms. The number of aromatic amines is 1. The molecule has 0 spiro atoms. The second-order valence-electron chi connectivity index (χ2n) is 8.11. The summed E-state index contributed by atoms with van der Waals surface area (Å²) < 4.78 is 24.4. The van der Waals surface area contributed by atoms with Crippen LogP contribution < -0.4 is 4.74 Å². The Morgan fingerprint density at radius 1 is 1.12 bits per heavy atom. The van der Waals surface area contributed by atoms with Crippen LogP contribution in [-0.2, 0) is 9.09 Å². The highest BCUT2D eigenvalue weighted by Crippen LogP contribution is 2.46. The Kier molecular flexibility index (Phi) is 5.78. The first-order valence-electron chi connectivity index (χ1n) is 10.9. The molecule has 1 unspecified atom stereocenters. The number of nitrogens with zero attached hydrogens (tertiary/aromatic N) is 3. The van der Waals surface area contributed by atoms with Crippen LogP contribution in [0.4, 0.5) is 0 Å². The van der Waals surface area contributed by atoms with Crippen molar-refractivity contribution in [3.8, 4) is 17.1 Å². The predicted octanol–water partition coefficient (Wildman–Crippen LogP) is 4.64. The number of fused-ring (bicyclic) bond motifs is 2. The van der Waals surface area contributed by atoms with E-state index in [1.807, 2.05) is 36.4 Å². The number of nitrogens with one attached hydrogen (secondary N) is 1. The fourth-order valence-electron chi connectivity index (χ4n) is 4.32. The Labute approximate surface area is 186 Å². The van der Waals surface area contributed by atoms with Crippen LogP contribution in [-0.4, -0.2) is 57.7 Å². The first-order valence-corrected chi connectivity index (χ1v) is 12.4. The standard InChI is InChI=1S/C23H27N4O4P/c1-30-32(28,29)27-22-8-4-3-7-19(22)23(25-27)21-16-17-15-18(9-10-20(17)24-21)31-14-13-26-11-5-2-6-12-26/h3-4,7-10,15-16,24H,2,5-6,11-14H2,1H3,(H,28,29). The number of para-hydroxylation sites is 1. The summed E-state index contributed by atoms with van der Waals surface area (Å²) in [7, 11) is -2.87. The van der Waals surface area contributed by atoms with Crippen LogP contribution in [0.5, 0.6) is 5.75 Å². The molecule has 9 heteroatoms. The van der Waals surface area contributed by atoms with Crippen molar-refractivity contribution in [2.24, 2.45) is 0 Å². The molecular formula is C23H27N4O4P. The molecule has 168 valence electrons. The molecule has 3 heterocycles. The Morgan fingerprint density at radius 3 is 2.75 bits per heavy atom. The molecule has 4 aromatic rings. The highest BCUT2D eigenvalue weighted by molar-refractivity contribution is 7.51. The van der Waals surface area contributed by atoms with Gasteiger partial charge < -0.3 is 14.6 Å². The first-order chi connectivity index (χ1) is 15.5. The van der Waals surface area contributed by atoms with Gasteiger partial charge in [0.1, 0.15) is 18.1 Å². The van der Waals surface area contributed by atoms with Crippen molar-refractivity contribution >= 4 is 29.6 Å². The average molecular weight is 454 g/mol. The number of H-pyrrole nitrogens is 1. The number of hydrogen-bond donors (Lipinski definition) is 2. The van der Waals surface area contributed by atoms with Crippen LogP contribution in [0.2, 0.25) is 0 Å². The molecule has 1 atom stereocenters. The van der Waals surface area contributed by atoms with Crippen LogP contribution in [0.25, 0.3) is 33.2 Å². The molecular weight excluding hydrogens is 427 g/mol. The van der Waals surface area contributed by atoms with Crippen molar-refractivity contribution < 1.29 is 18.7 Å². The lowest BCUT2D eigenvalue weighted by molar-refractivity contribution is 0.183. The van der Waals surface area contributed by atoms with E-state index in [0.29, 0.717) is 17.8 Å². The van der Waals surface area contributed by atoms with E-state index in [2.05, 4.69) is 15.0 Å². The summed E-state index contributed by atoms with van der Waals surface area (Å²) in [5, 5.41) is 6.19. The SMILES string of the molecule is COP(=O)(O)n1nc(-c2cc3cc(OCCN4CCCCC4)ccc3[nH]2)c2ccccc21. The summed E-state index contributed by atoms with van der Waals surface area (Å²) in [5.41, 5.74) is 2.84. The molecule has 2 N–H and O–H groups in total. The molecule has 32 heavy (non-hydrogen) atoms. The Hall–Kier alpha value is -2.64. The fourth-order valence-corrected chi connectivity index (χ4v) is 5.13. The van der Waals surface area contributed by atoms with E-state index >= 15 is 0 Å². The van der Waals surface area contributed by atoms with Gasteiger partial charge in [0.25, 0.3) is 0 Å². The number of likely N-dealkylation sites (tertiary alicyclic amines) is 1. The summed E-state index contributed by atoms with van der Waals surface area (Å²) >= 11 is 0. The van der Waals surface area contributed by atoms with E-state index in [1.165, 1.54) is 26.4 Å². The lowest BCUT2D eigenvalue weighted by Gasteiger charge is -2.26. The molecule has 1 aliphatic heterocycles. The van der Waals surface area contributed by atoms with Crippen LogP contribution in [0.3, 0.4) is 0 Å². The maximum atomic E-state index is 12.5. The van der Waals surface area contributed by atoms with Gasteiger partial charge in [0.15, 0.2) is 0 Å². The Bertz CT molecular complexity index is 1290. The maximum absolute atomic E-state index is 12.5. The summed E-state index contributed by atoms with van der Waals surface area (Å²) in [5.74, 6) is 0.828. The largest absolute Gasteiger partial charge is 0.492 e. The summed E-state index contributed by atoms with van der Waals surface area (Å²) in [6.45, 7) is 3.93.